The summed E-state index contributed by atoms with van der Waals surface area (Å²) in [7, 11) is -0.662. The molecule has 28 heavy (non-hydrogen) atoms. The van der Waals surface area contributed by atoms with Crippen LogP contribution >= 0.6 is 0 Å². The lowest BCUT2D eigenvalue weighted by molar-refractivity contribution is 0.0951. The molecule has 0 saturated heterocycles. The van der Waals surface area contributed by atoms with Crippen molar-refractivity contribution >= 4 is 15.9 Å². The molecule has 0 fully saturated rings. The molecule has 0 atom stereocenters. The first-order valence-electron chi connectivity index (χ1n) is 9.14. The average Bonchev–Trinajstić information content (AvgIpc) is 2.63. The van der Waals surface area contributed by atoms with Crippen LogP contribution in [0.25, 0.3) is 0 Å². The molecule has 152 valence electrons. The molecule has 0 heterocycles. The fourth-order valence-electron chi connectivity index (χ4n) is 2.69. The van der Waals surface area contributed by atoms with Crippen LogP contribution in [0.15, 0.2) is 41.3 Å². The van der Waals surface area contributed by atoms with Gasteiger partial charge in [-0.15, -0.1) is 0 Å². The van der Waals surface area contributed by atoms with Gasteiger partial charge in [-0.25, -0.2) is 12.7 Å². The molecule has 0 bridgehead atoms. The molecule has 0 aromatic heterocycles. The number of nitrogens with one attached hydrogen (secondary N) is 1. The zero-order valence-corrected chi connectivity index (χ0v) is 17.9. The van der Waals surface area contributed by atoms with E-state index in [1.165, 1.54) is 20.2 Å². The third-order valence-corrected chi connectivity index (χ3v) is 6.45. The van der Waals surface area contributed by atoms with Crippen LogP contribution in [0.2, 0.25) is 0 Å². The highest BCUT2D eigenvalue weighted by atomic mass is 32.2. The normalized spacial score (nSPS) is 11.5. The van der Waals surface area contributed by atoms with Crippen molar-refractivity contribution in [2.45, 2.75) is 32.1 Å². The van der Waals surface area contributed by atoms with Gasteiger partial charge in [0.2, 0.25) is 10.0 Å². The summed E-state index contributed by atoms with van der Waals surface area (Å²) >= 11 is 0. The summed E-state index contributed by atoms with van der Waals surface area (Å²) in [5.41, 5.74) is 2.87. The number of rotatable bonds is 8. The van der Waals surface area contributed by atoms with Crippen LogP contribution < -0.4 is 10.1 Å². The highest BCUT2D eigenvalue weighted by Gasteiger charge is 2.22. The van der Waals surface area contributed by atoms with Crippen molar-refractivity contribution in [3.63, 3.8) is 0 Å². The highest BCUT2D eigenvalue weighted by molar-refractivity contribution is 7.89. The fourth-order valence-corrected chi connectivity index (χ4v) is 3.91. The minimum absolute atomic E-state index is 0.158. The summed E-state index contributed by atoms with van der Waals surface area (Å²) in [6.07, 6.45) is 0.646. The van der Waals surface area contributed by atoms with Gasteiger partial charge < -0.3 is 10.1 Å². The van der Waals surface area contributed by atoms with Crippen LogP contribution in [-0.4, -0.2) is 45.9 Å². The monoisotopic (exact) mass is 404 g/mol. The molecule has 0 spiro atoms. The molecule has 6 nitrogen and oxygen atoms in total. The Morgan fingerprint density at radius 1 is 1.11 bits per heavy atom. The fraction of sp³-hybridized carbons (Fsp3) is 0.381. The molecule has 0 aliphatic rings. The second-order valence-corrected chi connectivity index (χ2v) is 9.10. The summed E-state index contributed by atoms with van der Waals surface area (Å²) in [4.78, 5) is 12.6. The molecule has 2 aromatic carbocycles. The zero-order chi connectivity index (χ0) is 20.9. The van der Waals surface area contributed by atoms with E-state index in [0.29, 0.717) is 30.7 Å². The van der Waals surface area contributed by atoms with Crippen LogP contribution in [0.1, 0.15) is 33.5 Å². The summed E-state index contributed by atoms with van der Waals surface area (Å²) in [5.74, 6) is 0.507. The maximum Gasteiger partial charge on any atom is 0.251 e. The first kappa shape index (κ1) is 21.9. The van der Waals surface area contributed by atoms with Crippen LogP contribution in [0.3, 0.4) is 0 Å². The van der Waals surface area contributed by atoms with E-state index >= 15 is 0 Å². The second-order valence-electron chi connectivity index (χ2n) is 6.98. The van der Waals surface area contributed by atoms with E-state index < -0.39 is 10.0 Å². The first-order valence-corrected chi connectivity index (χ1v) is 10.6. The number of aryl methyl sites for hydroxylation is 2. The lowest BCUT2D eigenvalue weighted by Crippen LogP contribution is -2.27. The molecule has 0 saturated carbocycles. The molecule has 1 N–H and O–H groups in total. The van der Waals surface area contributed by atoms with E-state index in [2.05, 4.69) is 5.32 Å². The Hall–Kier alpha value is -2.38. The molecule has 0 aliphatic carbocycles. The Bertz CT molecular complexity index is 953. The molecule has 0 aliphatic heterocycles. The minimum atomic E-state index is -3.62. The predicted octanol–water partition coefficient (Wildman–Crippen LogP) is 3.06. The maximum absolute atomic E-state index is 12.5. The lowest BCUT2D eigenvalue weighted by Gasteiger charge is -2.16. The van der Waals surface area contributed by atoms with Gasteiger partial charge in [-0.3, -0.25) is 4.79 Å². The van der Waals surface area contributed by atoms with Crippen LogP contribution in [-0.2, 0) is 10.0 Å². The van der Waals surface area contributed by atoms with Gasteiger partial charge in [0.05, 0.1) is 11.5 Å². The van der Waals surface area contributed by atoms with E-state index in [1.807, 2.05) is 31.2 Å². The molecule has 1 amide bonds. The first-order chi connectivity index (χ1) is 13.1. The second kappa shape index (κ2) is 9.21. The van der Waals surface area contributed by atoms with E-state index in [0.717, 1.165) is 21.2 Å². The van der Waals surface area contributed by atoms with Crippen LogP contribution in [0, 0.1) is 20.8 Å². The van der Waals surface area contributed by atoms with Crippen molar-refractivity contribution in [2.24, 2.45) is 0 Å². The van der Waals surface area contributed by atoms with E-state index in [9.17, 15) is 13.2 Å². The third-order valence-electron chi connectivity index (χ3n) is 4.51. The smallest absolute Gasteiger partial charge is 0.251 e. The van der Waals surface area contributed by atoms with Gasteiger partial charge in [0.1, 0.15) is 5.75 Å². The summed E-state index contributed by atoms with van der Waals surface area (Å²) in [6, 6.07) is 10.9. The molecule has 2 aromatic rings. The standard InChI is InChI=1S/C21H28N2O4S/c1-15-8-6-9-19(12-15)27-11-7-10-22-21(24)18-13-16(2)17(3)20(14-18)28(25,26)23(4)5/h6,8-9,12-14H,7,10-11H2,1-5H3,(H,22,24). The van der Waals surface area contributed by atoms with Gasteiger partial charge >= 0.3 is 0 Å². The van der Waals surface area contributed by atoms with Gasteiger partial charge in [-0.1, -0.05) is 12.1 Å². The number of carbonyl (C=O) groups is 1. The molecule has 0 radical (unpaired) electrons. The number of nitrogens with zero attached hydrogens (tertiary/aromatic N) is 1. The number of ether oxygens (including phenoxy) is 1. The van der Waals surface area contributed by atoms with Crippen molar-refractivity contribution in [3.8, 4) is 5.75 Å². The van der Waals surface area contributed by atoms with Crippen molar-refractivity contribution < 1.29 is 17.9 Å². The van der Waals surface area contributed by atoms with Gasteiger partial charge in [0, 0.05) is 26.2 Å². The van der Waals surface area contributed by atoms with E-state index in [-0.39, 0.29) is 10.8 Å². The maximum atomic E-state index is 12.5. The number of carbonyl (C=O) groups excluding carboxylic acids is 1. The third kappa shape index (κ3) is 5.33. The van der Waals surface area contributed by atoms with Gasteiger partial charge in [0.15, 0.2) is 0 Å². The Morgan fingerprint density at radius 2 is 1.82 bits per heavy atom. The molecule has 7 heteroatoms. The Labute approximate surface area is 167 Å². The predicted molar refractivity (Wildman–Crippen MR) is 110 cm³/mol. The van der Waals surface area contributed by atoms with E-state index in [1.54, 1.807) is 19.9 Å². The summed E-state index contributed by atoms with van der Waals surface area (Å²) in [5, 5.41) is 2.82. The van der Waals surface area contributed by atoms with Crippen molar-refractivity contribution in [2.75, 3.05) is 27.2 Å². The van der Waals surface area contributed by atoms with Crippen molar-refractivity contribution in [1.29, 1.82) is 0 Å². The zero-order valence-electron chi connectivity index (χ0n) is 17.1. The van der Waals surface area contributed by atoms with Crippen molar-refractivity contribution in [1.82, 2.24) is 9.62 Å². The van der Waals surface area contributed by atoms with Crippen molar-refractivity contribution in [3.05, 3.63) is 58.7 Å². The molecular formula is C21H28N2O4S. The van der Waals surface area contributed by atoms with Gasteiger partial charge in [-0.05, 0) is 68.1 Å². The minimum Gasteiger partial charge on any atom is -0.494 e. The lowest BCUT2D eigenvalue weighted by atomic mass is 10.1. The Morgan fingerprint density at radius 3 is 2.46 bits per heavy atom. The Kier molecular flexibility index (Phi) is 7.21. The highest BCUT2D eigenvalue weighted by Crippen LogP contribution is 2.23. The molecular weight excluding hydrogens is 376 g/mol. The number of benzene rings is 2. The average molecular weight is 405 g/mol. The summed E-state index contributed by atoms with van der Waals surface area (Å²) in [6.45, 7) is 6.47. The quantitative estimate of drug-likeness (QED) is 0.686. The molecule has 0 unspecified atom stereocenters. The Balaban J connectivity index is 1.98. The van der Waals surface area contributed by atoms with Crippen LogP contribution in [0.5, 0.6) is 5.75 Å². The number of amides is 1. The largest absolute Gasteiger partial charge is 0.494 e. The van der Waals surface area contributed by atoms with Gasteiger partial charge in [0.25, 0.3) is 5.91 Å². The summed E-state index contributed by atoms with van der Waals surface area (Å²) < 4.78 is 31.8. The SMILES string of the molecule is Cc1cccc(OCCCNC(=O)c2cc(C)c(C)c(S(=O)(=O)N(C)C)c2)c1. The molecule has 2 rings (SSSR count). The topological polar surface area (TPSA) is 75.7 Å². The van der Waals surface area contributed by atoms with E-state index in [4.69, 9.17) is 4.74 Å². The number of hydrogen-bond acceptors (Lipinski definition) is 4. The van der Waals surface area contributed by atoms with Crippen LogP contribution in [0.4, 0.5) is 0 Å². The van der Waals surface area contributed by atoms with Gasteiger partial charge in [-0.2, -0.15) is 0 Å². The number of hydrogen-bond donors (Lipinski definition) is 1. The number of sulfonamides is 1.